The van der Waals surface area contributed by atoms with Crippen molar-refractivity contribution in [1.82, 2.24) is 9.80 Å². The Labute approximate surface area is 146 Å². The van der Waals surface area contributed by atoms with E-state index >= 15 is 0 Å². The van der Waals surface area contributed by atoms with Gasteiger partial charge >= 0.3 is 0 Å². The van der Waals surface area contributed by atoms with Gasteiger partial charge < -0.3 is 4.90 Å². The summed E-state index contributed by atoms with van der Waals surface area (Å²) >= 11 is 11.9. The van der Waals surface area contributed by atoms with Gasteiger partial charge in [0.1, 0.15) is 0 Å². The number of carbonyl (C=O) groups is 1. The third-order valence-electron chi connectivity index (χ3n) is 4.61. The molecule has 0 aromatic heterocycles. The molecule has 2 aliphatic heterocycles. The molecule has 0 N–H and O–H groups in total. The molecule has 0 saturated carbocycles. The van der Waals surface area contributed by atoms with Gasteiger partial charge in [0, 0.05) is 19.1 Å². The van der Waals surface area contributed by atoms with Gasteiger partial charge in [-0.25, -0.2) is 8.42 Å². The summed E-state index contributed by atoms with van der Waals surface area (Å²) in [6, 6.07) is 4.76. The number of fused-ring (bicyclic) bond motifs is 1. The van der Waals surface area contributed by atoms with Gasteiger partial charge in [0.05, 0.1) is 34.0 Å². The number of benzene rings is 1. The summed E-state index contributed by atoms with van der Waals surface area (Å²) in [5.74, 6) is 0.114. The number of hydrogen-bond donors (Lipinski definition) is 0. The van der Waals surface area contributed by atoms with E-state index in [0.717, 1.165) is 5.56 Å². The number of carbonyl (C=O) groups excluding carboxylic acids is 1. The fraction of sp³-hybridized carbons (Fsp3) is 0.533. The normalized spacial score (nSPS) is 27.0. The maximum atomic E-state index is 12.7. The molecule has 2 aliphatic rings. The van der Waals surface area contributed by atoms with Crippen molar-refractivity contribution < 1.29 is 13.2 Å². The Morgan fingerprint density at radius 1 is 1.17 bits per heavy atom. The first-order chi connectivity index (χ1) is 10.8. The molecule has 0 unspecified atom stereocenters. The standard InChI is InChI=1S/C15H18Cl2N2O3S/c1-18-4-5-19(14-9-23(21,22)8-13(14)18)15(20)7-10-2-3-11(16)12(17)6-10/h2-3,6,13-14H,4-5,7-9H2,1H3/t13-,14+/m1/s1. The van der Waals surface area contributed by atoms with Gasteiger partial charge in [-0.2, -0.15) is 0 Å². The Bertz CT molecular complexity index is 738. The zero-order chi connectivity index (χ0) is 16.8. The summed E-state index contributed by atoms with van der Waals surface area (Å²) in [5, 5.41) is 0.862. The minimum Gasteiger partial charge on any atom is -0.336 e. The van der Waals surface area contributed by atoms with E-state index < -0.39 is 9.84 Å². The second kappa shape index (κ2) is 6.24. The van der Waals surface area contributed by atoms with Crippen molar-refractivity contribution in [1.29, 1.82) is 0 Å². The maximum Gasteiger partial charge on any atom is 0.227 e. The van der Waals surface area contributed by atoms with Gasteiger partial charge in [0.15, 0.2) is 9.84 Å². The predicted octanol–water partition coefficient (Wildman–Crippen LogP) is 1.48. The number of likely N-dealkylation sites (N-methyl/N-ethyl adjacent to an activating group) is 1. The molecule has 2 saturated heterocycles. The molecule has 2 fully saturated rings. The van der Waals surface area contributed by atoms with Crippen molar-refractivity contribution in [2.45, 2.75) is 18.5 Å². The van der Waals surface area contributed by atoms with Crippen molar-refractivity contribution in [3.8, 4) is 0 Å². The van der Waals surface area contributed by atoms with Crippen LogP contribution in [-0.2, 0) is 21.1 Å². The van der Waals surface area contributed by atoms with Gasteiger partial charge in [0.2, 0.25) is 5.91 Å². The molecule has 1 amide bonds. The number of sulfone groups is 1. The van der Waals surface area contributed by atoms with Gasteiger partial charge in [-0.15, -0.1) is 0 Å². The van der Waals surface area contributed by atoms with Crippen LogP contribution in [0, 0.1) is 0 Å². The van der Waals surface area contributed by atoms with Crippen LogP contribution in [-0.4, -0.2) is 67.9 Å². The molecule has 1 aromatic carbocycles. The van der Waals surface area contributed by atoms with E-state index in [2.05, 4.69) is 0 Å². The van der Waals surface area contributed by atoms with E-state index in [1.807, 2.05) is 11.9 Å². The van der Waals surface area contributed by atoms with Gasteiger partial charge in [0.25, 0.3) is 0 Å². The van der Waals surface area contributed by atoms with Gasteiger partial charge in [-0.3, -0.25) is 9.69 Å². The molecule has 3 rings (SSSR count). The van der Waals surface area contributed by atoms with Crippen LogP contribution in [0.4, 0.5) is 0 Å². The average molecular weight is 377 g/mol. The molecular formula is C15H18Cl2N2O3S. The molecule has 0 aliphatic carbocycles. The lowest BCUT2D eigenvalue weighted by Crippen LogP contribution is -2.59. The van der Waals surface area contributed by atoms with Crippen LogP contribution in [0.5, 0.6) is 0 Å². The summed E-state index contributed by atoms with van der Waals surface area (Å²) in [4.78, 5) is 16.4. The third kappa shape index (κ3) is 3.50. The van der Waals surface area contributed by atoms with Crippen LogP contribution >= 0.6 is 23.2 Å². The molecule has 0 spiro atoms. The molecule has 0 bridgehead atoms. The van der Waals surface area contributed by atoms with E-state index in [4.69, 9.17) is 23.2 Å². The van der Waals surface area contributed by atoms with Crippen molar-refractivity contribution in [3.63, 3.8) is 0 Å². The van der Waals surface area contributed by atoms with Gasteiger partial charge in [-0.05, 0) is 24.7 Å². The number of amides is 1. The Balaban J connectivity index is 1.77. The highest BCUT2D eigenvalue weighted by atomic mass is 35.5. The highest BCUT2D eigenvalue weighted by Gasteiger charge is 2.46. The fourth-order valence-corrected chi connectivity index (χ4v) is 5.74. The van der Waals surface area contributed by atoms with E-state index in [1.54, 1.807) is 23.1 Å². The maximum absolute atomic E-state index is 12.7. The van der Waals surface area contributed by atoms with E-state index in [0.29, 0.717) is 23.1 Å². The van der Waals surface area contributed by atoms with Crippen LogP contribution in [0.15, 0.2) is 18.2 Å². The van der Waals surface area contributed by atoms with E-state index in [1.165, 1.54) is 0 Å². The third-order valence-corrected chi connectivity index (χ3v) is 7.05. The van der Waals surface area contributed by atoms with Crippen LogP contribution in [0.25, 0.3) is 0 Å². The molecule has 2 heterocycles. The number of halogens is 2. The largest absolute Gasteiger partial charge is 0.336 e. The van der Waals surface area contributed by atoms with Crippen molar-refractivity contribution >= 4 is 38.9 Å². The summed E-state index contributed by atoms with van der Waals surface area (Å²) < 4.78 is 23.9. The second-order valence-electron chi connectivity index (χ2n) is 6.20. The fourth-order valence-electron chi connectivity index (χ4n) is 3.36. The average Bonchev–Trinajstić information content (AvgIpc) is 2.79. The number of hydrogen-bond acceptors (Lipinski definition) is 4. The SMILES string of the molecule is CN1CCN(C(=O)Cc2ccc(Cl)c(Cl)c2)[C@H]2CS(=O)(=O)C[C@H]21. The molecule has 0 radical (unpaired) electrons. The topological polar surface area (TPSA) is 57.7 Å². The Morgan fingerprint density at radius 2 is 1.87 bits per heavy atom. The number of rotatable bonds is 2. The number of nitrogens with zero attached hydrogens (tertiary/aromatic N) is 2. The minimum absolute atomic E-state index is 0.0507. The number of piperazine rings is 1. The van der Waals surface area contributed by atoms with E-state index in [9.17, 15) is 13.2 Å². The minimum atomic E-state index is -3.09. The summed E-state index contributed by atoms with van der Waals surface area (Å²) in [5.41, 5.74) is 0.778. The first-order valence-corrected chi connectivity index (χ1v) is 9.98. The first kappa shape index (κ1) is 17.0. The highest BCUT2D eigenvalue weighted by molar-refractivity contribution is 7.91. The van der Waals surface area contributed by atoms with Gasteiger partial charge in [-0.1, -0.05) is 29.3 Å². The molecule has 23 heavy (non-hydrogen) atoms. The van der Waals surface area contributed by atoms with Crippen molar-refractivity contribution in [3.05, 3.63) is 33.8 Å². The smallest absolute Gasteiger partial charge is 0.227 e. The molecule has 126 valence electrons. The Hall–Kier alpha value is -0.820. The van der Waals surface area contributed by atoms with Crippen LogP contribution in [0.2, 0.25) is 10.0 Å². The summed E-state index contributed by atoms with van der Waals surface area (Å²) in [6.07, 6.45) is 0.198. The quantitative estimate of drug-likeness (QED) is 0.784. The Morgan fingerprint density at radius 3 is 2.57 bits per heavy atom. The lowest BCUT2D eigenvalue weighted by molar-refractivity contribution is -0.135. The lowest BCUT2D eigenvalue weighted by atomic mass is 10.0. The molecule has 5 nitrogen and oxygen atoms in total. The van der Waals surface area contributed by atoms with Crippen LogP contribution in [0.1, 0.15) is 5.56 Å². The lowest BCUT2D eigenvalue weighted by Gasteiger charge is -2.42. The van der Waals surface area contributed by atoms with Crippen LogP contribution < -0.4 is 0 Å². The summed E-state index contributed by atoms with van der Waals surface area (Å²) in [6.45, 7) is 1.23. The molecular weight excluding hydrogens is 359 g/mol. The van der Waals surface area contributed by atoms with E-state index in [-0.39, 0.29) is 35.9 Å². The second-order valence-corrected chi connectivity index (χ2v) is 9.17. The van der Waals surface area contributed by atoms with Crippen molar-refractivity contribution in [2.75, 3.05) is 31.6 Å². The van der Waals surface area contributed by atoms with Crippen molar-refractivity contribution in [2.24, 2.45) is 0 Å². The zero-order valence-electron chi connectivity index (χ0n) is 12.7. The monoisotopic (exact) mass is 376 g/mol. The summed E-state index contributed by atoms with van der Waals surface area (Å²) in [7, 11) is -1.17. The molecule has 1 aromatic rings. The first-order valence-electron chi connectivity index (χ1n) is 7.41. The zero-order valence-corrected chi connectivity index (χ0v) is 15.0. The molecule has 2 atom stereocenters. The Kier molecular flexibility index (Phi) is 4.62. The molecule has 8 heteroatoms. The van der Waals surface area contributed by atoms with Crippen LogP contribution in [0.3, 0.4) is 0 Å². The predicted molar refractivity (Wildman–Crippen MR) is 90.7 cm³/mol. The highest BCUT2D eigenvalue weighted by Crippen LogP contribution is 2.27.